The molecule has 2 aliphatic heterocycles. The van der Waals surface area contributed by atoms with Crippen LogP contribution >= 0.6 is 11.8 Å². The van der Waals surface area contributed by atoms with E-state index in [1.807, 2.05) is 0 Å². The summed E-state index contributed by atoms with van der Waals surface area (Å²) < 4.78 is 43.7. The van der Waals surface area contributed by atoms with Crippen LogP contribution in [0.2, 0.25) is 0 Å². The van der Waals surface area contributed by atoms with E-state index in [-0.39, 0.29) is 0 Å². The molecule has 0 saturated carbocycles. The molecule has 0 bridgehead atoms. The van der Waals surface area contributed by atoms with Crippen molar-refractivity contribution in [2.24, 2.45) is 10.9 Å². The lowest BCUT2D eigenvalue weighted by Crippen LogP contribution is -2.58. The summed E-state index contributed by atoms with van der Waals surface area (Å²) in [6, 6.07) is -0.746. The van der Waals surface area contributed by atoms with Crippen LogP contribution in [0.3, 0.4) is 0 Å². The van der Waals surface area contributed by atoms with Gasteiger partial charge in [0.2, 0.25) is 0 Å². The Morgan fingerprint density at radius 3 is 2.40 bits per heavy atom. The summed E-state index contributed by atoms with van der Waals surface area (Å²) in [4.78, 5) is 5.87. The predicted octanol–water partition coefficient (Wildman–Crippen LogP) is 0.664. The van der Waals surface area contributed by atoms with E-state index in [4.69, 9.17) is 4.74 Å². The molecule has 0 aromatic heterocycles. The van der Waals surface area contributed by atoms with Crippen LogP contribution in [0.5, 0.6) is 0 Å². The largest absolute Gasteiger partial charge is 0.394 e. The summed E-state index contributed by atoms with van der Waals surface area (Å²) in [5.74, 6) is -1.86. The molecule has 0 aliphatic carbocycles. The highest BCUT2D eigenvalue weighted by Crippen LogP contribution is 2.41. The van der Waals surface area contributed by atoms with Gasteiger partial charge in [-0.25, -0.2) is 0 Å². The SMILES string of the molecule is C[C@H]([C@H]1O[C@@H]2SC(N(C)C)=N[C@@H]2[C@@H](O)[C@@H]1O)C(F)(F)F. The van der Waals surface area contributed by atoms with E-state index in [1.54, 1.807) is 19.0 Å². The van der Waals surface area contributed by atoms with Crippen LogP contribution in [0, 0.1) is 5.92 Å². The molecule has 9 heteroatoms. The summed E-state index contributed by atoms with van der Waals surface area (Å²) in [5.41, 5.74) is -0.708. The zero-order chi connectivity index (χ0) is 15.2. The van der Waals surface area contributed by atoms with E-state index in [9.17, 15) is 23.4 Å². The van der Waals surface area contributed by atoms with Crippen molar-refractivity contribution in [3.05, 3.63) is 0 Å². The zero-order valence-electron chi connectivity index (χ0n) is 11.2. The third-order valence-electron chi connectivity index (χ3n) is 3.48. The van der Waals surface area contributed by atoms with E-state index >= 15 is 0 Å². The van der Waals surface area contributed by atoms with Gasteiger partial charge in [0.05, 0.1) is 12.0 Å². The number of aliphatic hydroxyl groups excluding tert-OH is 2. The Labute approximate surface area is 118 Å². The molecule has 2 heterocycles. The van der Waals surface area contributed by atoms with Crippen molar-refractivity contribution in [1.29, 1.82) is 0 Å². The minimum Gasteiger partial charge on any atom is -0.388 e. The van der Waals surface area contributed by atoms with Crippen molar-refractivity contribution < 1.29 is 28.1 Å². The number of aliphatic hydroxyl groups is 2. The lowest BCUT2D eigenvalue weighted by Gasteiger charge is -2.41. The van der Waals surface area contributed by atoms with E-state index in [0.717, 1.165) is 18.7 Å². The summed E-state index contributed by atoms with van der Waals surface area (Å²) in [6.07, 6.45) is -8.96. The molecule has 2 rings (SSSR count). The maximum atomic E-state index is 12.8. The maximum Gasteiger partial charge on any atom is 0.394 e. The van der Waals surface area contributed by atoms with Crippen molar-refractivity contribution in [3.63, 3.8) is 0 Å². The van der Waals surface area contributed by atoms with Gasteiger partial charge in [-0.15, -0.1) is 0 Å². The van der Waals surface area contributed by atoms with Gasteiger partial charge in [-0.3, -0.25) is 4.99 Å². The van der Waals surface area contributed by atoms with Gasteiger partial charge in [-0.2, -0.15) is 13.2 Å². The second kappa shape index (κ2) is 5.36. The molecule has 0 spiro atoms. The summed E-state index contributed by atoms with van der Waals surface area (Å²) in [6.45, 7) is 0.939. The van der Waals surface area contributed by atoms with Crippen LogP contribution < -0.4 is 0 Å². The Morgan fingerprint density at radius 1 is 1.30 bits per heavy atom. The minimum absolute atomic E-state index is 0.562. The fraction of sp³-hybridized carbons (Fsp3) is 0.909. The number of hydrogen-bond acceptors (Lipinski definition) is 6. The Hall–Kier alpha value is -0.510. The number of rotatable bonds is 1. The number of nitrogens with zero attached hydrogens (tertiary/aromatic N) is 2. The highest BCUT2D eigenvalue weighted by molar-refractivity contribution is 8.14. The third-order valence-corrected chi connectivity index (χ3v) is 4.78. The molecule has 6 atom stereocenters. The molecule has 116 valence electrons. The van der Waals surface area contributed by atoms with Crippen LogP contribution in [-0.4, -0.2) is 70.3 Å². The van der Waals surface area contributed by atoms with Crippen LogP contribution in [0.15, 0.2) is 4.99 Å². The third kappa shape index (κ3) is 2.76. The lowest BCUT2D eigenvalue weighted by atomic mass is 9.90. The summed E-state index contributed by atoms with van der Waals surface area (Å²) in [7, 11) is 3.48. The Bertz CT molecular complexity index is 405. The average molecular weight is 314 g/mol. The quantitative estimate of drug-likeness (QED) is 0.744. The maximum absolute atomic E-state index is 12.8. The molecule has 5 nitrogen and oxygen atoms in total. The topological polar surface area (TPSA) is 65.3 Å². The van der Waals surface area contributed by atoms with Crippen LogP contribution in [-0.2, 0) is 4.74 Å². The molecule has 2 N–H and O–H groups in total. The van der Waals surface area contributed by atoms with Gasteiger partial charge in [0.25, 0.3) is 0 Å². The molecule has 1 fully saturated rings. The first kappa shape index (κ1) is 15.9. The monoisotopic (exact) mass is 314 g/mol. The van der Waals surface area contributed by atoms with Crippen molar-refractivity contribution in [2.75, 3.05) is 14.1 Å². The Balaban J connectivity index is 2.17. The van der Waals surface area contributed by atoms with E-state index < -0.39 is 41.9 Å². The van der Waals surface area contributed by atoms with Crippen LogP contribution in [0.4, 0.5) is 13.2 Å². The summed E-state index contributed by atoms with van der Waals surface area (Å²) in [5, 5.41) is 20.4. The zero-order valence-corrected chi connectivity index (χ0v) is 12.0. The molecular formula is C11H17F3N2O3S. The fourth-order valence-electron chi connectivity index (χ4n) is 2.19. The van der Waals surface area contributed by atoms with Gasteiger partial charge >= 0.3 is 6.18 Å². The van der Waals surface area contributed by atoms with Gasteiger partial charge in [0, 0.05) is 14.1 Å². The van der Waals surface area contributed by atoms with E-state index in [1.165, 1.54) is 0 Å². The number of alkyl halides is 3. The molecule has 20 heavy (non-hydrogen) atoms. The first-order valence-corrected chi connectivity index (χ1v) is 7.01. The molecule has 0 aromatic rings. The van der Waals surface area contributed by atoms with Gasteiger partial charge < -0.3 is 19.8 Å². The van der Waals surface area contributed by atoms with Gasteiger partial charge in [-0.05, 0) is 0 Å². The summed E-state index contributed by atoms with van der Waals surface area (Å²) >= 11 is 1.16. The standard InChI is InChI=1S/C11H17F3N2O3S/c1-4(11(12,13)14)8-7(18)6(17)5-9(19-8)20-10(15-5)16(2)3/h4-9,17-18H,1-3H3/t4-,5-,6-,7+,8-,9-/m1/s1. The van der Waals surface area contributed by atoms with Gasteiger partial charge in [0.1, 0.15) is 23.7 Å². The Morgan fingerprint density at radius 2 is 1.90 bits per heavy atom. The number of aliphatic imine (C=N–C) groups is 1. The number of hydrogen-bond donors (Lipinski definition) is 2. The smallest absolute Gasteiger partial charge is 0.388 e. The first-order chi connectivity index (χ1) is 9.12. The van der Waals surface area contributed by atoms with E-state index in [0.29, 0.717) is 5.17 Å². The van der Waals surface area contributed by atoms with E-state index in [2.05, 4.69) is 4.99 Å². The predicted molar refractivity (Wildman–Crippen MR) is 68.4 cm³/mol. The van der Waals surface area contributed by atoms with Crippen molar-refractivity contribution in [2.45, 2.75) is 42.9 Å². The highest BCUT2D eigenvalue weighted by Gasteiger charge is 2.54. The Kier molecular flexibility index (Phi) is 4.25. The number of fused-ring (bicyclic) bond motifs is 1. The minimum atomic E-state index is -4.49. The molecule has 2 aliphatic rings. The van der Waals surface area contributed by atoms with Gasteiger partial charge in [0.15, 0.2) is 5.17 Å². The molecule has 0 radical (unpaired) electrons. The number of thioether (sulfide) groups is 1. The molecule has 1 saturated heterocycles. The van der Waals surface area contributed by atoms with Crippen molar-refractivity contribution in [1.82, 2.24) is 4.90 Å². The second-order valence-corrected chi connectivity index (χ2v) is 6.26. The molecule has 0 aromatic carbocycles. The van der Waals surface area contributed by atoms with Crippen molar-refractivity contribution in [3.8, 4) is 0 Å². The molecular weight excluding hydrogens is 297 g/mol. The van der Waals surface area contributed by atoms with Crippen molar-refractivity contribution >= 4 is 16.9 Å². The molecule has 0 amide bonds. The second-order valence-electron chi connectivity index (χ2n) is 5.20. The first-order valence-electron chi connectivity index (χ1n) is 6.13. The normalized spacial score (nSPS) is 39.2. The lowest BCUT2D eigenvalue weighted by molar-refractivity contribution is -0.244. The number of halogens is 3. The fourth-order valence-corrected chi connectivity index (χ4v) is 3.34. The number of amidine groups is 1. The molecule has 0 unspecified atom stereocenters. The van der Waals surface area contributed by atoms with Crippen LogP contribution in [0.1, 0.15) is 6.92 Å². The number of ether oxygens (including phenoxy) is 1. The average Bonchev–Trinajstić information content (AvgIpc) is 2.76. The van der Waals surface area contributed by atoms with Crippen LogP contribution in [0.25, 0.3) is 0 Å². The van der Waals surface area contributed by atoms with Gasteiger partial charge in [-0.1, -0.05) is 18.7 Å². The highest BCUT2D eigenvalue weighted by atomic mass is 32.2.